The zero-order chi connectivity index (χ0) is 19.7. The van der Waals surface area contributed by atoms with Crippen LogP contribution in [-0.4, -0.2) is 43.7 Å². The third-order valence-electron chi connectivity index (χ3n) is 5.07. The van der Waals surface area contributed by atoms with Crippen molar-refractivity contribution in [1.82, 2.24) is 0 Å². The van der Waals surface area contributed by atoms with E-state index in [9.17, 15) is 30.0 Å². The Bertz CT molecular complexity index is 1000. The third-order valence-corrected chi connectivity index (χ3v) is 5.07. The molecule has 2 aromatic carbocycles. The molecule has 1 aliphatic heterocycles. The number of rotatable bonds is 2. The minimum Gasteiger partial charge on any atom is -0.507 e. The minimum absolute atomic E-state index is 0.0177. The largest absolute Gasteiger partial charge is 0.507 e. The average molecular weight is 370 g/mol. The van der Waals surface area contributed by atoms with E-state index >= 15 is 0 Å². The molecule has 0 saturated carbocycles. The van der Waals surface area contributed by atoms with Gasteiger partial charge < -0.3 is 25.2 Å². The lowest BCUT2D eigenvalue weighted by atomic mass is 9.78. The molecule has 27 heavy (non-hydrogen) atoms. The van der Waals surface area contributed by atoms with Crippen molar-refractivity contribution in [1.29, 1.82) is 0 Å². The van der Waals surface area contributed by atoms with Crippen molar-refractivity contribution >= 4 is 11.6 Å². The Morgan fingerprint density at radius 2 is 1.78 bits per heavy atom. The lowest BCUT2D eigenvalue weighted by Crippen LogP contribution is -2.41. The Hall–Kier alpha value is -2.74. The number of fused-ring (bicyclic) bond motifs is 4. The van der Waals surface area contributed by atoms with Crippen molar-refractivity contribution in [3.8, 4) is 11.5 Å². The molecular formula is C20H18O7. The molecule has 0 spiro atoms. The molecule has 1 aliphatic carbocycles. The monoisotopic (exact) mass is 370 g/mol. The number of hydrogen-bond acceptors (Lipinski definition) is 7. The standard InChI is InChI=1S/C20H18O7/c1-20(2,26)19-17(25)14-13-10(6-8(7-21)18(14)27-19)16(24)12-9(15(13)23)4-3-5-11(12)22/h3-6,17,19,21-22,25-26H,7H2,1-2H3/t17-,19-/m1/s1. The summed E-state index contributed by atoms with van der Waals surface area (Å²) >= 11 is 0. The van der Waals surface area contributed by atoms with E-state index in [0.29, 0.717) is 0 Å². The van der Waals surface area contributed by atoms with Crippen LogP contribution in [0.25, 0.3) is 0 Å². The Labute approximate surface area is 154 Å². The van der Waals surface area contributed by atoms with Crippen LogP contribution in [0.15, 0.2) is 24.3 Å². The first-order valence-corrected chi connectivity index (χ1v) is 8.46. The number of hydrogen-bond donors (Lipinski definition) is 4. The number of aliphatic hydroxyl groups excluding tert-OH is 2. The molecule has 0 saturated heterocycles. The summed E-state index contributed by atoms with van der Waals surface area (Å²) in [5, 5.41) is 40.9. The van der Waals surface area contributed by atoms with Crippen molar-refractivity contribution in [2.45, 2.75) is 38.3 Å². The van der Waals surface area contributed by atoms with Gasteiger partial charge in [0.05, 0.1) is 17.8 Å². The molecule has 7 heteroatoms. The van der Waals surface area contributed by atoms with Crippen LogP contribution in [0.4, 0.5) is 0 Å². The fourth-order valence-electron chi connectivity index (χ4n) is 3.82. The quantitative estimate of drug-likeness (QED) is 0.535. The molecule has 0 radical (unpaired) electrons. The first-order valence-electron chi connectivity index (χ1n) is 8.46. The maximum Gasteiger partial charge on any atom is 0.198 e. The van der Waals surface area contributed by atoms with E-state index in [4.69, 9.17) is 4.74 Å². The zero-order valence-corrected chi connectivity index (χ0v) is 14.7. The molecule has 0 aromatic heterocycles. The van der Waals surface area contributed by atoms with Gasteiger partial charge in [0, 0.05) is 27.8 Å². The number of benzene rings is 2. The summed E-state index contributed by atoms with van der Waals surface area (Å²) in [7, 11) is 0. The predicted molar refractivity (Wildman–Crippen MR) is 93.0 cm³/mol. The van der Waals surface area contributed by atoms with Crippen molar-refractivity contribution in [3.63, 3.8) is 0 Å². The molecule has 2 aromatic rings. The highest BCUT2D eigenvalue weighted by molar-refractivity contribution is 6.30. The smallest absolute Gasteiger partial charge is 0.198 e. The molecule has 140 valence electrons. The van der Waals surface area contributed by atoms with Gasteiger partial charge in [-0.15, -0.1) is 0 Å². The van der Waals surface area contributed by atoms with Gasteiger partial charge in [-0.3, -0.25) is 9.59 Å². The van der Waals surface area contributed by atoms with Crippen LogP contribution < -0.4 is 4.74 Å². The second kappa shape index (κ2) is 5.63. The number of aliphatic hydroxyl groups is 3. The molecule has 0 amide bonds. The number of ketones is 2. The van der Waals surface area contributed by atoms with Gasteiger partial charge in [-0.1, -0.05) is 12.1 Å². The van der Waals surface area contributed by atoms with E-state index in [1.165, 1.54) is 38.1 Å². The summed E-state index contributed by atoms with van der Waals surface area (Å²) < 4.78 is 5.69. The Kier molecular flexibility index (Phi) is 3.68. The molecule has 2 atom stereocenters. The van der Waals surface area contributed by atoms with E-state index < -0.39 is 36.0 Å². The van der Waals surface area contributed by atoms with Crippen molar-refractivity contribution < 1.29 is 34.8 Å². The molecular weight excluding hydrogens is 352 g/mol. The van der Waals surface area contributed by atoms with Gasteiger partial charge in [0.15, 0.2) is 17.7 Å². The highest BCUT2D eigenvalue weighted by atomic mass is 16.5. The third kappa shape index (κ3) is 2.32. The normalized spacial score (nSPS) is 20.8. The lowest BCUT2D eigenvalue weighted by Gasteiger charge is -2.27. The highest BCUT2D eigenvalue weighted by Crippen LogP contribution is 2.48. The molecule has 7 nitrogen and oxygen atoms in total. The molecule has 2 aliphatic rings. The molecule has 4 N–H and O–H groups in total. The summed E-state index contributed by atoms with van der Waals surface area (Å²) in [5.74, 6) is -1.32. The van der Waals surface area contributed by atoms with E-state index in [0.717, 1.165) is 0 Å². The van der Waals surface area contributed by atoms with Gasteiger partial charge >= 0.3 is 0 Å². The Morgan fingerprint density at radius 1 is 1.11 bits per heavy atom. The number of ether oxygens (including phenoxy) is 1. The topological polar surface area (TPSA) is 124 Å². The number of carbonyl (C=O) groups excluding carboxylic acids is 2. The van der Waals surface area contributed by atoms with Crippen LogP contribution in [0, 0.1) is 0 Å². The van der Waals surface area contributed by atoms with E-state index in [2.05, 4.69) is 0 Å². The van der Waals surface area contributed by atoms with Gasteiger partial charge in [0.1, 0.15) is 17.6 Å². The zero-order valence-electron chi connectivity index (χ0n) is 14.7. The summed E-state index contributed by atoms with van der Waals surface area (Å²) in [6, 6.07) is 5.54. The first-order chi connectivity index (χ1) is 12.7. The number of aromatic hydroxyl groups is 1. The second-order valence-corrected chi connectivity index (χ2v) is 7.35. The lowest BCUT2D eigenvalue weighted by molar-refractivity contribution is -0.0766. The van der Waals surface area contributed by atoms with Crippen LogP contribution in [-0.2, 0) is 6.61 Å². The maximum atomic E-state index is 13.1. The van der Waals surface area contributed by atoms with Gasteiger partial charge in [-0.05, 0) is 26.0 Å². The van der Waals surface area contributed by atoms with E-state index in [1.54, 1.807) is 0 Å². The maximum absolute atomic E-state index is 13.1. The van der Waals surface area contributed by atoms with Gasteiger partial charge in [-0.2, -0.15) is 0 Å². The van der Waals surface area contributed by atoms with Gasteiger partial charge in [0.2, 0.25) is 0 Å². The molecule has 0 fully saturated rings. The molecule has 4 rings (SSSR count). The van der Waals surface area contributed by atoms with Gasteiger partial charge in [0.25, 0.3) is 0 Å². The number of phenols is 1. The fourth-order valence-corrected chi connectivity index (χ4v) is 3.82. The highest BCUT2D eigenvalue weighted by Gasteiger charge is 2.48. The van der Waals surface area contributed by atoms with E-state index in [-0.39, 0.29) is 44.9 Å². The number of phenolic OH excluding ortho intramolecular Hbond substituents is 1. The summed E-state index contributed by atoms with van der Waals surface area (Å²) in [5.41, 5.74) is -1.25. The Balaban J connectivity index is 2.02. The van der Waals surface area contributed by atoms with Crippen LogP contribution in [0.2, 0.25) is 0 Å². The second-order valence-electron chi connectivity index (χ2n) is 7.35. The van der Waals surface area contributed by atoms with Crippen molar-refractivity contribution in [3.05, 3.63) is 57.6 Å². The fraction of sp³-hybridized carbons (Fsp3) is 0.300. The number of carbonyl (C=O) groups is 2. The summed E-state index contributed by atoms with van der Waals surface area (Å²) in [6.45, 7) is 2.42. The summed E-state index contributed by atoms with van der Waals surface area (Å²) in [4.78, 5) is 26.1. The van der Waals surface area contributed by atoms with Crippen molar-refractivity contribution in [2.75, 3.05) is 0 Å². The van der Waals surface area contributed by atoms with Crippen LogP contribution in [0.1, 0.15) is 62.9 Å². The molecule has 1 heterocycles. The predicted octanol–water partition coefficient (Wildman–Crippen LogP) is 1.23. The van der Waals surface area contributed by atoms with Crippen LogP contribution in [0.5, 0.6) is 11.5 Å². The van der Waals surface area contributed by atoms with Gasteiger partial charge in [-0.25, -0.2) is 0 Å². The molecule has 0 unspecified atom stereocenters. The van der Waals surface area contributed by atoms with E-state index in [1.807, 2.05) is 0 Å². The van der Waals surface area contributed by atoms with Crippen LogP contribution >= 0.6 is 0 Å². The first kappa shape index (κ1) is 17.7. The Morgan fingerprint density at radius 3 is 2.41 bits per heavy atom. The van der Waals surface area contributed by atoms with Crippen LogP contribution in [0.3, 0.4) is 0 Å². The molecule has 0 bridgehead atoms. The minimum atomic E-state index is -1.43. The summed E-state index contributed by atoms with van der Waals surface area (Å²) in [6.07, 6.45) is -2.44. The SMILES string of the molecule is CC(C)(O)[C@@H]1Oc2c(CO)cc3c(c2[C@H]1O)C(=O)c1cccc(O)c1C3=O. The average Bonchev–Trinajstić information content (AvgIpc) is 2.96. The van der Waals surface area contributed by atoms with Crippen molar-refractivity contribution in [2.24, 2.45) is 0 Å².